The Bertz CT molecular complexity index is 241. The second-order valence-electron chi connectivity index (χ2n) is 2.62. The van der Waals surface area contributed by atoms with E-state index in [1.165, 1.54) is 13.2 Å². The van der Waals surface area contributed by atoms with E-state index in [4.69, 9.17) is 5.26 Å². The Morgan fingerprint density at radius 1 is 2.00 bits per heavy atom. The van der Waals surface area contributed by atoms with Gasteiger partial charge in [0.1, 0.15) is 5.41 Å². The molecule has 0 aromatic heterocycles. The average Bonchev–Trinajstić information content (AvgIpc) is 2.78. The second kappa shape index (κ2) is 2.39. The predicted molar refractivity (Wildman–Crippen MR) is 38.4 cm³/mol. The average molecular weight is 151 g/mol. The Hall–Kier alpha value is -1.30. The quantitative estimate of drug-likeness (QED) is 0.434. The number of methoxy groups -OCH3 is 1. The SMILES string of the molecule is C=C[C@@]1(C(=O)OC)C[C@@H]1C#N. The van der Waals surface area contributed by atoms with Crippen LogP contribution in [0.2, 0.25) is 0 Å². The van der Waals surface area contributed by atoms with Crippen LogP contribution in [0, 0.1) is 22.7 Å². The highest BCUT2D eigenvalue weighted by Crippen LogP contribution is 2.53. The fraction of sp³-hybridized carbons (Fsp3) is 0.500. The molecule has 0 amide bonds. The first kappa shape index (κ1) is 7.80. The topological polar surface area (TPSA) is 50.1 Å². The summed E-state index contributed by atoms with van der Waals surface area (Å²) in [4.78, 5) is 11.1. The van der Waals surface area contributed by atoms with Crippen molar-refractivity contribution in [1.29, 1.82) is 5.26 Å². The van der Waals surface area contributed by atoms with E-state index in [0.29, 0.717) is 6.42 Å². The van der Waals surface area contributed by atoms with Gasteiger partial charge in [0.25, 0.3) is 0 Å². The standard InChI is InChI=1S/C8H9NO2/c1-3-8(7(10)11-2)4-6(8)5-9/h3,6H,1,4H2,2H3/t6-,8-/m1/s1. The number of hydrogen-bond acceptors (Lipinski definition) is 3. The Morgan fingerprint density at radius 3 is 2.91 bits per heavy atom. The van der Waals surface area contributed by atoms with Crippen molar-refractivity contribution in [3.05, 3.63) is 12.7 Å². The lowest BCUT2D eigenvalue weighted by Crippen LogP contribution is -2.16. The van der Waals surface area contributed by atoms with E-state index in [2.05, 4.69) is 11.3 Å². The Kier molecular flexibility index (Phi) is 1.69. The number of nitriles is 1. The molecule has 2 atom stereocenters. The van der Waals surface area contributed by atoms with E-state index in [-0.39, 0.29) is 11.9 Å². The molecule has 0 saturated heterocycles. The third kappa shape index (κ3) is 0.911. The first-order chi connectivity index (χ1) is 5.21. The van der Waals surface area contributed by atoms with Crippen molar-refractivity contribution < 1.29 is 9.53 Å². The van der Waals surface area contributed by atoms with E-state index < -0.39 is 5.41 Å². The van der Waals surface area contributed by atoms with Gasteiger partial charge in [0.05, 0.1) is 19.1 Å². The lowest BCUT2D eigenvalue weighted by Gasteiger charge is -2.05. The van der Waals surface area contributed by atoms with E-state index in [1.807, 2.05) is 6.07 Å². The van der Waals surface area contributed by atoms with Crippen LogP contribution in [0.4, 0.5) is 0 Å². The Balaban J connectivity index is 2.76. The molecule has 0 unspecified atom stereocenters. The summed E-state index contributed by atoms with van der Waals surface area (Å²) in [6, 6.07) is 2.02. The van der Waals surface area contributed by atoms with Crippen LogP contribution in [0.25, 0.3) is 0 Å². The molecule has 0 N–H and O–H groups in total. The molecular weight excluding hydrogens is 142 g/mol. The molecule has 0 heterocycles. The van der Waals surface area contributed by atoms with Crippen molar-refractivity contribution in [3.63, 3.8) is 0 Å². The maximum absolute atomic E-state index is 11.1. The molecule has 1 rings (SSSR count). The van der Waals surface area contributed by atoms with Gasteiger partial charge in [-0.1, -0.05) is 6.08 Å². The molecule has 1 aliphatic rings. The minimum absolute atomic E-state index is 0.229. The van der Waals surface area contributed by atoms with Crippen LogP contribution >= 0.6 is 0 Å². The molecule has 3 nitrogen and oxygen atoms in total. The van der Waals surface area contributed by atoms with Gasteiger partial charge in [-0.3, -0.25) is 4.79 Å². The van der Waals surface area contributed by atoms with E-state index >= 15 is 0 Å². The molecule has 3 heteroatoms. The monoisotopic (exact) mass is 151 g/mol. The van der Waals surface area contributed by atoms with Crippen LogP contribution in [0.1, 0.15) is 6.42 Å². The molecular formula is C8H9NO2. The largest absolute Gasteiger partial charge is 0.468 e. The summed E-state index contributed by atoms with van der Waals surface area (Å²) >= 11 is 0. The molecule has 0 radical (unpaired) electrons. The van der Waals surface area contributed by atoms with Crippen LogP contribution in [-0.2, 0) is 9.53 Å². The maximum Gasteiger partial charge on any atom is 0.317 e. The summed E-state index contributed by atoms with van der Waals surface area (Å²) in [7, 11) is 1.32. The zero-order chi connectivity index (χ0) is 8.48. The maximum atomic E-state index is 11.1. The van der Waals surface area contributed by atoms with E-state index in [1.54, 1.807) is 0 Å². The minimum Gasteiger partial charge on any atom is -0.468 e. The first-order valence-electron chi connectivity index (χ1n) is 3.33. The third-order valence-electron chi connectivity index (χ3n) is 2.09. The zero-order valence-electron chi connectivity index (χ0n) is 6.33. The molecule has 1 aliphatic carbocycles. The molecule has 0 aromatic rings. The highest BCUT2D eigenvalue weighted by atomic mass is 16.5. The summed E-state index contributed by atoms with van der Waals surface area (Å²) in [5, 5.41) is 8.51. The van der Waals surface area contributed by atoms with E-state index in [9.17, 15) is 4.79 Å². The molecule has 0 aliphatic heterocycles. The minimum atomic E-state index is -0.691. The molecule has 0 aromatic carbocycles. The molecule has 58 valence electrons. The van der Waals surface area contributed by atoms with Crippen molar-refractivity contribution in [2.45, 2.75) is 6.42 Å². The number of rotatable bonds is 2. The zero-order valence-corrected chi connectivity index (χ0v) is 6.33. The normalized spacial score (nSPS) is 33.6. The Labute approximate surface area is 65.3 Å². The Morgan fingerprint density at radius 2 is 2.64 bits per heavy atom. The van der Waals surface area contributed by atoms with Gasteiger partial charge >= 0.3 is 5.97 Å². The highest BCUT2D eigenvalue weighted by molar-refractivity contribution is 5.83. The fourth-order valence-electron chi connectivity index (χ4n) is 1.16. The number of carbonyl (C=O) groups excluding carboxylic acids is 1. The summed E-state index contributed by atoms with van der Waals surface area (Å²) in [6.07, 6.45) is 2.06. The van der Waals surface area contributed by atoms with Crippen LogP contribution in [0.15, 0.2) is 12.7 Å². The molecule has 1 saturated carbocycles. The van der Waals surface area contributed by atoms with Gasteiger partial charge in [-0.15, -0.1) is 6.58 Å². The summed E-state index contributed by atoms with van der Waals surface area (Å²) < 4.78 is 4.54. The van der Waals surface area contributed by atoms with Crippen molar-refractivity contribution in [2.75, 3.05) is 7.11 Å². The summed E-state index contributed by atoms with van der Waals surface area (Å²) in [5.74, 6) is -0.577. The second-order valence-corrected chi connectivity index (χ2v) is 2.62. The fourth-order valence-corrected chi connectivity index (χ4v) is 1.16. The van der Waals surface area contributed by atoms with Crippen LogP contribution in [0.3, 0.4) is 0 Å². The number of carbonyl (C=O) groups is 1. The number of hydrogen-bond donors (Lipinski definition) is 0. The smallest absolute Gasteiger partial charge is 0.317 e. The lowest BCUT2D eigenvalue weighted by molar-refractivity contribution is -0.145. The summed E-state index contributed by atoms with van der Waals surface area (Å²) in [5.41, 5.74) is -0.691. The molecule has 0 bridgehead atoms. The van der Waals surface area contributed by atoms with Crippen LogP contribution < -0.4 is 0 Å². The number of ether oxygens (including phenoxy) is 1. The van der Waals surface area contributed by atoms with Crippen molar-refractivity contribution >= 4 is 5.97 Å². The van der Waals surface area contributed by atoms with Crippen molar-refractivity contribution in [1.82, 2.24) is 0 Å². The number of nitrogens with zero attached hydrogens (tertiary/aromatic N) is 1. The molecule has 11 heavy (non-hydrogen) atoms. The predicted octanol–water partition coefficient (Wildman–Crippen LogP) is 0.875. The van der Waals surface area contributed by atoms with Gasteiger partial charge in [-0.25, -0.2) is 0 Å². The third-order valence-corrected chi connectivity index (χ3v) is 2.09. The number of esters is 1. The van der Waals surface area contributed by atoms with Gasteiger partial charge in [-0.2, -0.15) is 5.26 Å². The highest BCUT2D eigenvalue weighted by Gasteiger charge is 2.59. The molecule has 0 spiro atoms. The van der Waals surface area contributed by atoms with Crippen molar-refractivity contribution in [3.8, 4) is 6.07 Å². The van der Waals surface area contributed by atoms with Gasteiger partial charge in [0.2, 0.25) is 0 Å². The van der Waals surface area contributed by atoms with Gasteiger partial charge < -0.3 is 4.74 Å². The summed E-state index contributed by atoms with van der Waals surface area (Å²) in [6.45, 7) is 3.51. The lowest BCUT2D eigenvalue weighted by atomic mass is 10.1. The van der Waals surface area contributed by atoms with Gasteiger partial charge in [-0.05, 0) is 6.42 Å². The van der Waals surface area contributed by atoms with Gasteiger partial charge in [0, 0.05) is 0 Å². The van der Waals surface area contributed by atoms with E-state index in [0.717, 1.165) is 0 Å². The van der Waals surface area contributed by atoms with Crippen LogP contribution in [-0.4, -0.2) is 13.1 Å². The van der Waals surface area contributed by atoms with Gasteiger partial charge in [0.15, 0.2) is 0 Å². The van der Waals surface area contributed by atoms with Crippen molar-refractivity contribution in [2.24, 2.45) is 11.3 Å². The molecule has 1 fully saturated rings. The van der Waals surface area contributed by atoms with Crippen LogP contribution in [0.5, 0.6) is 0 Å². The first-order valence-corrected chi connectivity index (χ1v) is 3.33.